The van der Waals surface area contributed by atoms with E-state index in [1.807, 2.05) is 30.1 Å². The summed E-state index contributed by atoms with van der Waals surface area (Å²) in [6, 6.07) is 4.18. The van der Waals surface area contributed by atoms with E-state index in [4.69, 9.17) is 0 Å². The van der Waals surface area contributed by atoms with E-state index in [0.717, 1.165) is 30.9 Å². The van der Waals surface area contributed by atoms with Gasteiger partial charge in [-0.2, -0.15) is 0 Å². The lowest BCUT2D eigenvalue weighted by atomic mass is 10.0. The highest BCUT2D eigenvalue weighted by Gasteiger charge is 2.19. The van der Waals surface area contributed by atoms with Gasteiger partial charge in [0.25, 0.3) is 0 Å². The highest BCUT2D eigenvalue weighted by atomic mass is 15.4. The zero-order valence-electron chi connectivity index (χ0n) is 11.8. The number of aromatic nitrogens is 4. The molecular formula is C14H21N5. The summed E-state index contributed by atoms with van der Waals surface area (Å²) in [7, 11) is 0. The minimum Gasteiger partial charge on any atom is -0.305 e. The van der Waals surface area contributed by atoms with Gasteiger partial charge < -0.3 is 5.32 Å². The predicted molar refractivity (Wildman–Crippen MR) is 74.8 cm³/mol. The molecule has 0 aliphatic carbocycles. The van der Waals surface area contributed by atoms with E-state index in [9.17, 15) is 0 Å². The van der Waals surface area contributed by atoms with Crippen molar-refractivity contribution >= 4 is 0 Å². The van der Waals surface area contributed by atoms with Crippen LogP contribution in [0, 0.1) is 6.92 Å². The van der Waals surface area contributed by atoms with Crippen molar-refractivity contribution in [1.82, 2.24) is 25.3 Å². The molecule has 2 aromatic heterocycles. The van der Waals surface area contributed by atoms with Crippen LogP contribution in [-0.2, 0) is 6.54 Å². The fraction of sp³-hybridized carbons (Fsp3) is 0.500. The van der Waals surface area contributed by atoms with E-state index in [1.54, 1.807) is 0 Å². The molecule has 0 radical (unpaired) electrons. The fourth-order valence-corrected chi connectivity index (χ4v) is 2.25. The predicted octanol–water partition coefficient (Wildman–Crippen LogP) is 2.09. The van der Waals surface area contributed by atoms with Crippen molar-refractivity contribution in [3.05, 3.63) is 41.5 Å². The molecule has 0 saturated carbocycles. The summed E-state index contributed by atoms with van der Waals surface area (Å²) in [6.45, 7) is 8.05. The second-order valence-corrected chi connectivity index (χ2v) is 4.55. The molecule has 5 nitrogen and oxygen atoms in total. The molecule has 5 heteroatoms. The maximum absolute atomic E-state index is 4.38. The Labute approximate surface area is 114 Å². The maximum Gasteiger partial charge on any atom is 0.0802 e. The van der Waals surface area contributed by atoms with Crippen LogP contribution >= 0.6 is 0 Å². The normalized spacial score (nSPS) is 12.6. The molecule has 0 aromatic carbocycles. The van der Waals surface area contributed by atoms with Gasteiger partial charge in [0.15, 0.2) is 0 Å². The lowest BCUT2D eigenvalue weighted by Crippen LogP contribution is -2.25. The maximum atomic E-state index is 4.38. The van der Waals surface area contributed by atoms with E-state index >= 15 is 0 Å². The highest BCUT2D eigenvalue weighted by Crippen LogP contribution is 2.23. The molecule has 102 valence electrons. The van der Waals surface area contributed by atoms with E-state index in [1.165, 1.54) is 5.56 Å². The van der Waals surface area contributed by atoms with Crippen molar-refractivity contribution < 1.29 is 0 Å². The summed E-state index contributed by atoms with van der Waals surface area (Å²) in [6.07, 6.45) is 4.71. The second-order valence-electron chi connectivity index (χ2n) is 4.55. The third-order valence-electron chi connectivity index (χ3n) is 3.15. The van der Waals surface area contributed by atoms with Gasteiger partial charge in [-0.1, -0.05) is 25.1 Å². The van der Waals surface area contributed by atoms with Crippen molar-refractivity contribution in [1.29, 1.82) is 0 Å². The SMILES string of the molecule is CCCn1nncc1C(NCC)c1cccnc1C. The van der Waals surface area contributed by atoms with Crippen LogP contribution in [-0.4, -0.2) is 26.5 Å². The van der Waals surface area contributed by atoms with E-state index in [0.29, 0.717) is 0 Å². The molecule has 0 amide bonds. The molecule has 1 atom stereocenters. The van der Waals surface area contributed by atoms with Crippen LogP contribution in [0.15, 0.2) is 24.5 Å². The number of nitrogens with zero attached hydrogens (tertiary/aromatic N) is 4. The Kier molecular flexibility index (Phi) is 4.63. The Hall–Kier alpha value is -1.75. The van der Waals surface area contributed by atoms with Crippen LogP contribution in [0.2, 0.25) is 0 Å². The first kappa shape index (κ1) is 13.7. The van der Waals surface area contributed by atoms with Crippen LogP contribution < -0.4 is 5.32 Å². The minimum absolute atomic E-state index is 0.0975. The summed E-state index contributed by atoms with van der Waals surface area (Å²) in [4.78, 5) is 4.38. The summed E-state index contributed by atoms with van der Waals surface area (Å²) in [5.74, 6) is 0. The summed E-state index contributed by atoms with van der Waals surface area (Å²) < 4.78 is 1.97. The average Bonchev–Trinajstić information content (AvgIpc) is 2.86. The Morgan fingerprint density at radius 3 is 2.89 bits per heavy atom. The first-order valence-corrected chi connectivity index (χ1v) is 6.81. The first-order chi connectivity index (χ1) is 9.27. The minimum atomic E-state index is 0.0975. The Bertz CT molecular complexity index is 520. The van der Waals surface area contributed by atoms with Gasteiger partial charge >= 0.3 is 0 Å². The molecule has 0 aliphatic rings. The largest absolute Gasteiger partial charge is 0.305 e. The third-order valence-corrected chi connectivity index (χ3v) is 3.15. The average molecular weight is 259 g/mol. The van der Waals surface area contributed by atoms with E-state index < -0.39 is 0 Å². The lowest BCUT2D eigenvalue weighted by Gasteiger charge is -2.20. The van der Waals surface area contributed by atoms with Gasteiger partial charge in [0.1, 0.15) is 0 Å². The van der Waals surface area contributed by atoms with Crippen LogP contribution in [0.5, 0.6) is 0 Å². The van der Waals surface area contributed by atoms with Crippen molar-refractivity contribution in [2.24, 2.45) is 0 Å². The summed E-state index contributed by atoms with van der Waals surface area (Å²) in [5, 5.41) is 11.7. The van der Waals surface area contributed by atoms with Crippen molar-refractivity contribution in [2.45, 2.75) is 39.8 Å². The van der Waals surface area contributed by atoms with Gasteiger partial charge in [-0.3, -0.25) is 4.98 Å². The summed E-state index contributed by atoms with van der Waals surface area (Å²) >= 11 is 0. The zero-order valence-corrected chi connectivity index (χ0v) is 11.8. The van der Waals surface area contributed by atoms with Crippen molar-refractivity contribution in [3.63, 3.8) is 0 Å². The van der Waals surface area contributed by atoms with Gasteiger partial charge in [0.05, 0.1) is 17.9 Å². The fourth-order valence-electron chi connectivity index (χ4n) is 2.25. The Morgan fingerprint density at radius 1 is 1.37 bits per heavy atom. The number of aryl methyl sites for hydroxylation is 2. The van der Waals surface area contributed by atoms with Crippen molar-refractivity contribution in [2.75, 3.05) is 6.54 Å². The monoisotopic (exact) mass is 259 g/mol. The highest BCUT2D eigenvalue weighted by molar-refractivity contribution is 5.29. The number of nitrogens with one attached hydrogen (secondary N) is 1. The zero-order chi connectivity index (χ0) is 13.7. The van der Waals surface area contributed by atoms with E-state index in [-0.39, 0.29) is 6.04 Å². The quantitative estimate of drug-likeness (QED) is 0.863. The van der Waals surface area contributed by atoms with Gasteiger partial charge in [-0.15, -0.1) is 5.10 Å². The van der Waals surface area contributed by atoms with Gasteiger partial charge in [0.2, 0.25) is 0 Å². The Balaban J connectivity index is 2.40. The molecule has 2 rings (SSSR count). The topological polar surface area (TPSA) is 55.6 Å². The molecular weight excluding hydrogens is 238 g/mol. The molecule has 0 fully saturated rings. The molecule has 1 unspecified atom stereocenters. The molecule has 2 heterocycles. The molecule has 0 aliphatic heterocycles. The lowest BCUT2D eigenvalue weighted by molar-refractivity contribution is 0.510. The van der Waals surface area contributed by atoms with Crippen LogP contribution in [0.4, 0.5) is 0 Å². The summed E-state index contributed by atoms with van der Waals surface area (Å²) in [5.41, 5.74) is 3.32. The molecule has 1 N–H and O–H groups in total. The third kappa shape index (κ3) is 2.98. The molecule has 0 saturated heterocycles. The van der Waals surface area contributed by atoms with Gasteiger partial charge in [0, 0.05) is 18.4 Å². The van der Waals surface area contributed by atoms with Gasteiger partial charge in [-0.25, -0.2) is 4.68 Å². The molecule has 2 aromatic rings. The molecule has 0 bridgehead atoms. The van der Waals surface area contributed by atoms with Gasteiger partial charge in [-0.05, 0) is 31.5 Å². The smallest absolute Gasteiger partial charge is 0.0802 e. The number of rotatable bonds is 6. The second kappa shape index (κ2) is 6.43. The van der Waals surface area contributed by atoms with Crippen LogP contribution in [0.25, 0.3) is 0 Å². The van der Waals surface area contributed by atoms with Crippen LogP contribution in [0.1, 0.15) is 43.3 Å². The number of pyridine rings is 1. The molecule has 0 spiro atoms. The number of hydrogen-bond acceptors (Lipinski definition) is 4. The Morgan fingerprint density at radius 2 is 2.21 bits per heavy atom. The van der Waals surface area contributed by atoms with Crippen LogP contribution in [0.3, 0.4) is 0 Å². The van der Waals surface area contributed by atoms with Crippen molar-refractivity contribution in [3.8, 4) is 0 Å². The van der Waals surface area contributed by atoms with E-state index in [2.05, 4.69) is 40.5 Å². The number of hydrogen-bond donors (Lipinski definition) is 1. The molecule has 19 heavy (non-hydrogen) atoms. The standard InChI is InChI=1S/C14H21N5/c1-4-9-19-13(10-17-18-19)14(15-5-2)12-7-6-8-16-11(12)3/h6-8,10,14-15H,4-5,9H2,1-3H3. The first-order valence-electron chi connectivity index (χ1n) is 6.81.